The molecule has 0 fully saturated rings. The monoisotopic (exact) mass is 397 g/mol. The molecule has 2 heterocycles. The fraction of sp³-hybridized carbons (Fsp3) is 0.435. The molecule has 0 saturated carbocycles. The van der Waals surface area contributed by atoms with Gasteiger partial charge in [-0.05, 0) is 36.5 Å². The van der Waals surface area contributed by atoms with Gasteiger partial charge in [-0.25, -0.2) is 0 Å². The van der Waals surface area contributed by atoms with Gasteiger partial charge in [-0.15, -0.1) is 0 Å². The van der Waals surface area contributed by atoms with Crippen LogP contribution < -0.4 is 19.5 Å². The highest BCUT2D eigenvalue weighted by Crippen LogP contribution is 2.53. The zero-order valence-electron chi connectivity index (χ0n) is 17.8. The summed E-state index contributed by atoms with van der Waals surface area (Å²) in [6, 6.07) is 5.80. The average molecular weight is 397 g/mol. The first-order valence-electron chi connectivity index (χ1n) is 9.72. The minimum atomic E-state index is -0.252. The van der Waals surface area contributed by atoms with Crippen molar-refractivity contribution in [2.75, 3.05) is 26.6 Å². The molecule has 29 heavy (non-hydrogen) atoms. The third-order valence-electron chi connectivity index (χ3n) is 5.84. The van der Waals surface area contributed by atoms with E-state index in [-0.39, 0.29) is 17.1 Å². The number of benzene rings is 1. The predicted molar refractivity (Wildman–Crippen MR) is 110 cm³/mol. The van der Waals surface area contributed by atoms with Crippen LogP contribution in [0.3, 0.4) is 0 Å². The van der Waals surface area contributed by atoms with Crippen molar-refractivity contribution in [1.29, 1.82) is 0 Å². The Labute approximate surface area is 170 Å². The molecule has 0 saturated heterocycles. The Morgan fingerprint density at radius 3 is 2.45 bits per heavy atom. The molecule has 154 valence electrons. The number of anilines is 1. The first kappa shape index (κ1) is 19.4. The van der Waals surface area contributed by atoms with E-state index >= 15 is 0 Å². The molecule has 1 aromatic carbocycles. The molecule has 2 aliphatic rings. The van der Waals surface area contributed by atoms with Crippen molar-refractivity contribution in [3.63, 3.8) is 0 Å². The number of hydrogen-bond donors (Lipinski definition) is 1. The maximum Gasteiger partial charge on any atom is 0.289 e. The Bertz CT molecular complexity index is 1010. The van der Waals surface area contributed by atoms with Crippen LogP contribution in [0.1, 0.15) is 49.3 Å². The van der Waals surface area contributed by atoms with Gasteiger partial charge in [-0.2, -0.15) is 0 Å². The highest BCUT2D eigenvalue weighted by molar-refractivity contribution is 6.01. The fourth-order valence-corrected chi connectivity index (χ4v) is 4.57. The first-order chi connectivity index (χ1) is 13.8. The second-order valence-corrected chi connectivity index (χ2v) is 8.47. The molecular formula is C23H27NO5. The summed E-state index contributed by atoms with van der Waals surface area (Å²) in [5.41, 5.74) is 4.40. The molecule has 0 bridgehead atoms. The third kappa shape index (κ3) is 3.07. The summed E-state index contributed by atoms with van der Waals surface area (Å²) in [5.74, 6) is 2.29. The summed E-state index contributed by atoms with van der Waals surface area (Å²) in [4.78, 5) is 13.3. The van der Waals surface area contributed by atoms with Crippen molar-refractivity contribution in [1.82, 2.24) is 0 Å². The van der Waals surface area contributed by atoms with E-state index in [9.17, 15) is 4.79 Å². The summed E-state index contributed by atoms with van der Waals surface area (Å²) in [6.45, 7) is 6.19. The van der Waals surface area contributed by atoms with E-state index < -0.39 is 0 Å². The zero-order chi connectivity index (χ0) is 20.9. The average Bonchev–Trinajstić information content (AvgIpc) is 3.00. The van der Waals surface area contributed by atoms with Crippen molar-refractivity contribution in [2.45, 2.75) is 39.5 Å². The number of rotatable bonds is 4. The molecule has 1 atom stereocenters. The normalized spacial score (nSPS) is 19.9. The maximum atomic E-state index is 13.3. The van der Waals surface area contributed by atoms with Crippen molar-refractivity contribution in [2.24, 2.45) is 5.41 Å². The lowest BCUT2D eigenvalue weighted by atomic mass is 9.69. The fourth-order valence-electron chi connectivity index (χ4n) is 4.57. The van der Waals surface area contributed by atoms with Crippen LogP contribution in [0.2, 0.25) is 0 Å². The van der Waals surface area contributed by atoms with Crippen LogP contribution >= 0.6 is 0 Å². The molecule has 1 aliphatic carbocycles. The summed E-state index contributed by atoms with van der Waals surface area (Å²) < 4.78 is 22.3. The molecule has 0 amide bonds. The standard InChI is InChI=1S/C23H27NO5/c1-12-18-19(13-7-8-16(26-4)17(9-13)27-5)20-14(10-23(2,3)11-15(20)25)24-21(18)29-22(12)28-6/h7-9,19,24H,10-11H2,1-6H3/t19-/m0/s1. The van der Waals surface area contributed by atoms with Gasteiger partial charge in [0.2, 0.25) is 5.88 Å². The molecular weight excluding hydrogens is 370 g/mol. The molecule has 1 N–H and O–H groups in total. The highest BCUT2D eigenvalue weighted by atomic mass is 16.6. The smallest absolute Gasteiger partial charge is 0.289 e. The van der Waals surface area contributed by atoms with E-state index in [4.69, 9.17) is 18.6 Å². The summed E-state index contributed by atoms with van der Waals surface area (Å²) in [7, 11) is 4.81. The maximum absolute atomic E-state index is 13.3. The Kier molecular flexibility index (Phi) is 4.60. The molecule has 6 heteroatoms. The Balaban J connectivity index is 1.95. The molecule has 0 spiro atoms. The topological polar surface area (TPSA) is 69.9 Å². The number of furan rings is 1. The molecule has 2 aromatic rings. The van der Waals surface area contributed by atoms with Crippen molar-refractivity contribution < 1.29 is 23.4 Å². The quantitative estimate of drug-likeness (QED) is 0.798. The van der Waals surface area contributed by atoms with Crippen molar-refractivity contribution >= 4 is 11.7 Å². The summed E-state index contributed by atoms with van der Waals surface area (Å²) in [5, 5.41) is 3.39. The number of Topliss-reactive ketones (excluding diaryl/α,β-unsaturated/α-hetero) is 1. The van der Waals surface area contributed by atoms with Gasteiger partial charge in [-0.1, -0.05) is 19.9 Å². The third-order valence-corrected chi connectivity index (χ3v) is 5.84. The Morgan fingerprint density at radius 2 is 1.79 bits per heavy atom. The van der Waals surface area contributed by atoms with Gasteiger partial charge in [0, 0.05) is 34.7 Å². The number of ketones is 1. The molecule has 4 rings (SSSR count). The van der Waals surface area contributed by atoms with Gasteiger partial charge in [0.05, 0.1) is 21.3 Å². The van der Waals surface area contributed by atoms with Gasteiger partial charge in [0.1, 0.15) is 0 Å². The van der Waals surface area contributed by atoms with Crippen LogP contribution in [-0.2, 0) is 4.79 Å². The number of carbonyl (C=O) groups is 1. The number of allylic oxidation sites excluding steroid dienone is 2. The molecule has 6 nitrogen and oxygen atoms in total. The van der Waals surface area contributed by atoms with Gasteiger partial charge in [-0.3, -0.25) is 4.79 Å². The van der Waals surface area contributed by atoms with Crippen molar-refractivity contribution in [3.8, 4) is 17.4 Å². The van der Waals surface area contributed by atoms with E-state index in [1.165, 1.54) is 0 Å². The molecule has 1 aromatic heterocycles. The second kappa shape index (κ2) is 6.87. The number of carbonyl (C=O) groups excluding carboxylic acids is 1. The first-order valence-corrected chi connectivity index (χ1v) is 9.72. The van der Waals surface area contributed by atoms with Gasteiger partial charge in [0.25, 0.3) is 5.95 Å². The lowest BCUT2D eigenvalue weighted by Crippen LogP contribution is -2.33. The SMILES string of the molecule is COc1ccc([C@@H]2C3=C(CC(C)(C)CC3=O)Nc3oc(OC)c(C)c32)cc1OC. The zero-order valence-corrected chi connectivity index (χ0v) is 17.8. The van der Waals surface area contributed by atoms with Crippen molar-refractivity contribution in [3.05, 3.63) is 46.2 Å². The summed E-state index contributed by atoms with van der Waals surface area (Å²) >= 11 is 0. The highest BCUT2D eigenvalue weighted by Gasteiger charge is 2.43. The predicted octanol–water partition coefficient (Wildman–Crippen LogP) is 4.81. The largest absolute Gasteiger partial charge is 0.493 e. The second-order valence-electron chi connectivity index (χ2n) is 8.47. The number of hydrogen-bond acceptors (Lipinski definition) is 6. The van der Waals surface area contributed by atoms with E-state index in [0.29, 0.717) is 29.8 Å². The number of fused-ring (bicyclic) bond motifs is 1. The minimum absolute atomic E-state index is 0.103. The van der Waals surface area contributed by atoms with Crippen LogP contribution in [0.25, 0.3) is 0 Å². The van der Waals surface area contributed by atoms with Crippen LogP contribution in [0.4, 0.5) is 5.88 Å². The molecule has 0 radical (unpaired) electrons. The van der Waals surface area contributed by atoms with Crippen LogP contribution in [0, 0.1) is 12.3 Å². The summed E-state index contributed by atoms with van der Waals surface area (Å²) in [6.07, 6.45) is 1.29. The van der Waals surface area contributed by atoms with Gasteiger partial charge >= 0.3 is 0 Å². The molecule has 0 unspecified atom stereocenters. The lowest BCUT2D eigenvalue weighted by molar-refractivity contribution is -0.118. The minimum Gasteiger partial charge on any atom is -0.493 e. The van der Waals surface area contributed by atoms with E-state index in [1.54, 1.807) is 21.3 Å². The number of nitrogens with one attached hydrogen (secondary N) is 1. The number of methoxy groups -OCH3 is 3. The van der Waals surface area contributed by atoms with Crippen LogP contribution in [0.15, 0.2) is 33.9 Å². The van der Waals surface area contributed by atoms with Crippen LogP contribution in [-0.4, -0.2) is 27.1 Å². The Hall–Kier alpha value is -2.89. The Morgan fingerprint density at radius 1 is 1.07 bits per heavy atom. The van der Waals surface area contributed by atoms with E-state index in [1.807, 2.05) is 25.1 Å². The lowest BCUT2D eigenvalue weighted by Gasteiger charge is -2.38. The van der Waals surface area contributed by atoms with Gasteiger partial charge < -0.3 is 23.9 Å². The van der Waals surface area contributed by atoms with Crippen LogP contribution in [0.5, 0.6) is 17.4 Å². The van der Waals surface area contributed by atoms with E-state index in [2.05, 4.69) is 19.2 Å². The van der Waals surface area contributed by atoms with E-state index in [0.717, 1.165) is 34.4 Å². The number of ether oxygens (including phenoxy) is 3. The van der Waals surface area contributed by atoms with Gasteiger partial charge in [0.15, 0.2) is 17.3 Å². The molecule has 1 aliphatic heterocycles.